The number of benzene rings is 1. The molecule has 16 heavy (non-hydrogen) atoms. The van der Waals surface area contributed by atoms with Crippen LogP contribution >= 0.6 is 0 Å². The molecule has 2 N–H and O–H groups in total. The fourth-order valence-corrected chi connectivity index (χ4v) is 1.66. The van der Waals surface area contributed by atoms with E-state index in [-0.39, 0.29) is 0 Å². The van der Waals surface area contributed by atoms with Gasteiger partial charge in [-0.15, -0.1) is 0 Å². The van der Waals surface area contributed by atoms with Gasteiger partial charge >= 0.3 is 0 Å². The van der Waals surface area contributed by atoms with Crippen LogP contribution in [0.25, 0.3) is 5.69 Å². The predicted octanol–water partition coefficient (Wildman–Crippen LogP) is 1.65. The fraction of sp³-hybridized carbons (Fsp3) is 0.333. The van der Waals surface area contributed by atoms with Crippen LogP contribution in [-0.2, 0) is 6.54 Å². The minimum Gasteiger partial charge on any atom is -0.324 e. The van der Waals surface area contributed by atoms with Crippen LogP contribution < -0.4 is 5.73 Å². The van der Waals surface area contributed by atoms with E-state index in [1.165, 1.54) is 11.1 Å². The SMILES string of the molecule is Cc1nc(CN)n(-c2ccc(C)c(C)c2)n1. The normalized spacial score (nSPS) is 10.8. The van der Waals surface area contributed by atoms with Crippen LogP contribution in [0.15, 0.2) is 18.2 Å². The van der Waals surface area contributed by atoms with E-state index in [4.69, 9.17) is 5.73 Å². The minimum atomic E-state index is 0.397. The first-order valence-corrected chi connectivity index (χ1v) is 5.32. The minimum absolute atomic E-state index is 0.397. The van der Waals surface area contributed by atoms with E-state index in [0.717, 1.165) is 17.3 Å². The summed E-state index contributed by atoms with van der Waals surface area (Å²) in [4.78, 5) is 4.28. The Hall–Kier alpha value is -1.68. The van der Waals surface area contributed by atoms with Crippen LogP contribution in [-0.4, -0.2) is 14.8 Å². The first kappa shape index (κ1) is 10.8. The standard InChI is InChI=1S/C12H16N4/c1-8-4-5-11(6-9(8)2)16-12(7-13)14-10(3)15-16/h4-6H,7,13H2,1-3H3. The molecule has 0 radical (unpaired) electrons. The van der Waals surface area contributed by atoms with E-state index in [1.807, 2.05) is 17.7 Å². The Morgan fingerprint density at radius 2 is 1.94 bits per heavy atom. The van der Waals surface area contributed by atoms with Crippen molar-refractivity contribution in [2.45, 2.75) is 27.3 Å². The molecular formula is C12H16N4. The lowest BCUT2D eigenvalue weighted by Crippen LogP contribution is -2.08. The Kier molecular flexibility index (Phi) is 2.75. The zero-order valence-electron chi connectivity index (χ0n) is 9.86. The summed E-state index contributed by atoms with van der Waals surface area (Å²) in [5.41, 5.74) is 9.18. The highest BCUT2D eigenvalue weighted by atomic mass is 15.4. The van der Waals surface area contributed by atoms with Crippen LogP contribution in [0.1, 0.15) is 22.8 Å². The van der Waals surface area contributed by atoms with Gasteiger partial charge in [0.2, 0.25) is 0 Å². The molecule has 0 atom stereocenters. The highest BCUT2D eigenvalue weighted by molar-refractivity contribution is 5.39. The molecule has 0 bridgehead atoms. The zero-order chi connectivity index (χ0) is 11.7. The maximum atomic E-state index is 5.65. The van der Waals surface area contributed by atoms with E-state index < -0.39 is 0 Å². The number of aryl methyl sites for hydroxylation is 3. The summed E-state index contributed by atoms with van der Waals surface area (Å²) in [7, 11) is 0. The molecule has 1 heterocycles. The lowest BCUT2D eigenvalue weighted by molar-refractivity contribution is 0.785. The van der Waals surface area contributed by atoms with Gasteiger partial charge in [-0.2, -0.15) is 5.10 Å². The zero-order valence-corrected chi connectivity index (χ0v) is 9.86. The molecule has 4 heteroatoms. The third-order valence-electron chi connectivity index (χ3n) is 2.70. The van der Waals surface area contributed by atoms with Gasteiger partial charge in [0.05, 0.1) is 12.2 Å². The number of rotatable bonds is 2. The van der Waals surface area contributed by atoms with Crippen molar-refractivity contribution in [2.75, 3.05) is 0 Å². The van der Waals surface area contributed by atoms with Gasteiger partial charge in [-0.3, -0.25) is 0 Å². The highest BCUT2D eigenvalue weighted by Gasteiger charge is 2.07. The van der Waals surface area contributed by atoms with E-state index in [0.29, 0.717) is 6.54 Å². The summed E-state index contributed by atoms with van der Waals surface area (Å²) < 4.78 is 1.81. The molecule has 1 aromatic carbocycles. The van der Waals surface area contributed by atoms with Crippen molar-refractivity contribution >= 4 is 0 Å². The Morgan fingerprint density at radius 3 is 2.56 bits per heavy atom. The summed E-state index contributed by atoms with van der Waals surface area (Å²) >= 11 is 0. The van der Waals surface area contributed by atoms with Gasteiger partial charge in [0.1, 0.15) is 11.6 Å². The number of hydrogen-bond acceptors (Lipinski definition) is 3. The summed E-state index contributed by atoms with van der Waals surface area (Å²) in [6.45, 7) is 6.45. The lowest BCUT2D eigenvalue weighted by Gasteiger charge is -2.07. The van der Waals surface area contributed by atoms with Crippen molar-refractivity contribution in [3.8, 4) is 5.69 Å². The van der Waals surface area contributed by atoms with Gasteiger partial charge in [-0.05, 0) is 44.0 Å². The average molecular weight is 216 g/mol. The molecule has 4 nitrogen and oxygen atoms in total. The molecule has 0 amide bonds. The molecule has 2 aromatic rings. The van der Waals surface area contributed by atoms with Gasteiger partial charge in [0.25, 0.3) is 0 Å². The second-order valence-electron chi connectivity index (χ2n) is 3.96. The Morgan fingerprint density at radius 1 is 1.19 bits per heavy atom. The van der Waals surface area contributed by atoms with E-state index in [1.54, 1.807) is 0 Å². The van der Waals surface area contributed by atoms with Crippen LogP contribution in [0, 0.1) is 20.8 Å². The Bertz CT molecular complexity index is 514. The Labute approximate surface area is 95.1 Å². The van der Waals surface area contributed by atoms with E-state index >= 15 is 0 Å². The van der Waals surface area contributed by atoms with Crippen LogP contribution in [0.3, 0.4) is 0 Å². The van der Waals surface area contributed by atoms with Crippen molar-refractivity contribution in [1.29, 1.82) is 0 Å². The topological polar surface area (TPSA) is 56.7 Å². The number of nitrogens with zero attached hydrogens (tertiary/aromatic N) is 3. The van der Waals surface area contributed by atoms with Crippen molar-refractivity contribution in [2.24, 2.45) is 5.73 Å². The molecule has 0 saturated heterocycles. The summed E-state index contributed by atoms with van der Waals surface area (Å²) in [6, 6.07) is 6.22. The summed E-state index contributed by atoms with van der Waals surface area (Å²) in [5, 5.41) is 4.35. The molecule has 1 aromatic heterocycles. The van der Waals surface area contributed by atoms with Crippen LogP contribution in [0.2, 0.25) is 0 Å². The maximum Gasteiger partial charge on any atom is 0.148 e. The molecule has 0 spiro atoms. The molecule has 0 aliphatic heterocycles. The van der Waals surface area contributed by atoms with Gasteiger partial charge in [0.15, 0.2) is 0 Å². The first-order chi connectivity index (χ1) is 7.61. The lowest BCUT2D eigenvalue weighted by atomic mass is 10.1. The second-order valence-corrected chi connectivity index (χ2v) is 3.96. The van der Waals surface area contributed by atoms with Gasteiger partial charge in [-0.25, -0.2) is 9.67 Å². The summed E-state index contributed by atoms with van der Waals surface area (Å²) in [5.74, 6) is 1.54. The van der Waals surface area contributed by atoms with E-state index in [9.17, 15) is 0 Å². The molecule has 2 rings (SSSR count). The Balaban J connectivity index is 2.53. The second kappa shape index (κ2) is 4.06. The van der Waals surface area contributed by atoms with Crippen molar-refractivity contribution < 1.29 is 0 Å². The molecular weight excluding hydrogens is 200 g/mol. The number of nitrogens with two attached hydrogens (primary N) is 1. The summed E-state index contributed by atoms with van der Waals surface area (Å²) in [6.07, 6.45) is 0. The predicted molar refractivity (Wildman–Crippen MR) is 63.5 cm³/mol. The molecule has 0 aliphatic carbocycles. The smallest absolute Gasteiger partial charge is 0.148 e. The van der Waals surface area contributed by atoms with Gasteiger partial charge < -0.3 is 5.73 Å². The first-order valence-electron chi connectivity index (χ1n) is 5.32. The molecule has 0 aliphatic rings. The van der Waals surface area contributed by atoms with Crippen molar-refractivity contribution in [3.05, 3.63) is 41.0 Å². The molecule has 0 fully saturated rings. The molecule has 0 unspecified atom stereocenters. The maximum absolute atomic E-state index is 5.65. The fourth-order valence-electron chi connectivity index (χ4n) is 1.66. The monoisotopic (exact) mass is 216 g/mol. The van der Waals surface area contributed by atoms with Gasteiger partial charge in [-0.1, -0.05) is 6.07 Å². The van der Waals surface area contributed by atoms with E-state index in [2.05, 4.69) is 36.1 Å². The third-order valence-corrected chi connectivity index (χ3v) is 2.70. The van der Waals surface area contributed by atoms with Crippen LogP contribution in [0.5, 0.6) is 0 Å². The molecule has 0 saturated carbocycles. The largest absolute Gasteiger partial charge is 0.324 e. The highest BCUT2D eigenvalue weighted by Crippen LogP contribution is 2.14. The molecule has 84 valence electrons. The van der Waals surface area contributed by atoms with Gasteiger partial charge in [0, 0.05) is 0 Å². The third kappa shape index (κ3) is 1.84. The van der Waals surface area contributed by atoms with Crippen LogP contribution in [0.4, 0.5) is 0 Å². The van der Waals surface area contributed by atoms with Crippen molar-refractivity contribution in [1.82, 2.24) is 14.8 Å². The number of aromatic nitrogens is 3. The van der Waals surface area contributed by atoms with Crippen molar-refractivity contribution in [3.63, 3.8) is 0 Å². The number of hydrogen-bond donors (Lipinski definition) is 1. The average Bonchev–Trinajstić information content (AvgIpc) is 2.63. The quantitative estimate of drug-likeness (QED) is 0.830.